The molecule has 1 aliphatic heterocycles. The zero-order valence-corrected chi connectivity index (χ0v) is 13.1. The van der Waals surface area contributed by atoms with Crippen molar-refractivity contribution in [3.8, 4) is 6.07 Å². The van der Waals surface area contributed by atoms with E-state index in [0.717, 1.165) is 12.8 Å². The summed E-state index contributed by atoms with van der Waals surface area (Å²) in [4.78, 5) is 22.9. The molecule has 0 bridgehead atoms. The number of amides is 1. The second kappa shape index (κ2) is 6.16. The third kappa shape index (κ3) is 3.06. The van der Waals surface area contributed by atoms with E-state index in [1.807, 2.05) is 0 Å². The maximum atomic E-state index is 12.6. The van der Waals surface area contributed by atoms with Gasteiger partial charge in [-0.15, -0.1) is 0 Å². The fourth-order valence-electron chi connectivity index (χ4n) is 2.81. The third-order valence-corrected chi connectivity index (χ3v) is 4.04. The van der Waals surface area contributed by atoms with Crippen molar-refractivity contribution in [1.29, 1.82) is 5.26 Å². The van der Waals surface area contributed by atoms with Gasteiger partial charge in [0.25, 0.3) is 5.91 Å². The maximum absolute atomic E-state index is 12.6. The van der Waals surface area contributed by atoms with E-state index in [1.165, 1.54) is 0 Å². The Morgan fingerprint density at radius 3 is 2.87 bits per heavy atom. The summed E-state index contributed by atoms with van der Waals surface area (Å²) in [6, 6.07) is 5.30. The molecule has 1 aliphatic rings. The molecule has 3 heterocycles. The van der Waals surface area contributed by atoms with Gasteiger partial charge in [0.15, 0.2) is 5.82 Å². The number of carbonyl (C=O) groups is 1. The molecular formula is C16H17N5O2. The predicted octanol–water partition coefficient (Wildman–Crippen LogP) is 1.97. The molecule has 0 aromatic carbocycles. The molecule has 118 valence electrons. The number of pyridine rings is 1. The number of nitriles is 1. The topological polar surface area (TPSA) is 95.9 Å². The van der Waals surface area contributed by atoms with Crippen LogP contribution in [0.25, 0.3) is 0 Å². The van der Waals surface area contributed by atoms with E-state index in [-0.39, 0.29) is 11.8 Å². The summed E-state index contributed by atoms with van der Waals surface area (Å²) < 4.78 is 5.03. The number of carbonyl (C=O) groups excluding carboxylic acids is 1. The van der Waals surface area contributed by atoms with Gasteiger partial charge in [0.05, 0.1) is 11.3 Å². The molecule has 0 aliphatic carbocycles. The second-order valence-electron chi connectivity index (χ2n) is 5.70. The summed E-state index contributed by atoms with van der Waals surface area (Å²) in [5, 5.41) is 12.9. The summed E-state index contributed by atoms with van der Waals surface area (Å²) in [5.74, 6) is 1.16. The average Bonchev–Trinajstić information content (AvgIpc) is 3.01. The van der Waals surface area contributed by atoms with Crippen LogP contribution >= 0.6 is 0 Å². The highest BCUT2D eigenvalue weighted by atomic mass is 16.5. The average molecular weight is 311 g/mol. The van der Waals surface area contributed by atoms with Gasteiger partial charge in [0, 0.05) is 25.9 Å². The van der Waals surface area contributed by atoms with E-state index in [1.54, 1.807) is 30.9 Å². The monoisotopic (exact) mass is 311 g/mol. The standard InChI is InChI=1S/C16H17N5O2/c1-10-12(8-17)5-6-14(18-10)16(22)21-7-3-4-13(9-21)15-19-11(2)23-20-15/h5-6,13H,3-4,7,9H2,1-2H3/t13-/m1/s1. The Hall–Kier alpha value is -2.75. The Balaban J connectivity index is 1.77. The van der Waals surface area contributed by atoms with Crippen molar-refractivity contribution in [3.05, 3.63) is 40.8 Å². The largest absolute Gasteiger partial charge is 0.340 e. The van der Waals surface area contributed by atoms with Crippen LogP contribution in [0.2, 0.25) is 0 Å². The summed E-state index contributed by atoms with van der Waals surface area (Å²) in [6.45, 7) is 4.73. The first kappa shape index (κ1) is 15.2. The molecule has 23 heavy (non-hydrogen) atoms. The van der Waals surface area contributed by atoms with Gasteiger partial charge in [-0.2, -0.15) is 10.2 Å². The lowest BCUT2D eigenvalue weighted by atomic mass is 9.97. The molecule has 2 aromatic rings. The van der Waals surface area contributed by atoms with Crippen LogP contribution in [0.1, 0.15) is 52.2 Å². The summed E-state index contributed by atoms with van der Waals surface area (Å²) in [6.07, 6.45) is 1.82. The van der Waals surface area contributed by atoms with Gasteiger partial charge in [-0.3, -0.25) is 4.79 Å². The first-order valence-electron chi connectivity index (χ1n) is 7.55. The number of rotatable bonds is 2. The number of likely N-dealkylation sites (tertiary alicyclic amines) is 1. The van der Waals surface area contributed by atoms with Gasteiger partial charge in [0.1, 0.15) is 11.8 Å². The van der Waals surface area contributed by atoms with Gasteiger partial charge < -0.3 is 9.42 Å². The normalized spacial score (nSPS) is 17.8. The molecule has 1 fully saturated rings. The van der Waals surface area contributed by atoms with E-state index in [4.69, 9.17) is 9.78 Å². The highest BCUT2D eigenvalue weighted by Crippen LogP contribution is 2.25. The summed E-state index contributed by atoms with van der Waals surface area (Å²) in [5.41, 5.74) is 1.42. The van der Waals surface area contributed by atoms with E-state index in [2.05, 4.69) is 21.2 Å². The van der Waals surface area contributed by atoms with Crippen molar-refractivity contribution >= 4 is 5.91 Å². The molecule has 2 aromatic heterocycles. The number of hydrogen-bond acceptors (Lipinski definition) is 6. The lowest BCUT2D eigenvalue weighted by molar-refractivity contribution is 0.0697. The van der Waals surface area contributed by atoms with Gasteiger partial charge in [0.2, 0.25) is 5.89 Å². The van der Waals surface area contributed by atoms with Gasteiger partial charge >= 0.3 is 0 Å². The number of piperidine rings is 1. The van der Waals surface area contributed by atoms with E-state index in [0.29, 0.717) is 41.8 Å². The third-order valence-electron chi connectivity index (χ3n) is 4.04. The lowest BCUT2D eigenvalue weighted by Crippen LogP contribution is -2.39. The Morgan fingerprint density at radius 2 is 2.22 bits per heavy atom. The molecule has 0 unspecified atom stereocenters. The fraction of sp³-hybridized carbons (Fsp3) is 0.438. The van der Waals surface area contributed by atoms with Crippen LogP contribution in [0.15, 0.2) is 16.7 Å². The van der Waals surface area contributed by atoms with Crippen LogP contribution < -0.4 is 0 Å². The molecule has 0 N–H and O–H groups in total. The van der Waals surface area contributed by atoms with Gasteiger partial charge in [-0.25, -0.2) is 4.98 Å². The molecule has 7 nitrogen and oxygen atoms in total. The molecule has 1 atom stereocenters. The predicted molar refractivity (Wildman–Crippen MR) is 80.6 cm³/mol. The van der Waals surface area contributed by atoms with Crippen LogP contribution in [-0.4, -0.2) is 39.0 Å². The molecule has 7 heteroatoms. The van der Waals surface area contributed by atoms with Crippen LogP contribution in [0.3, 0.4) is 0 Å². The zero-order valence-electron chi connectivity index (χ0n) is 13.1. The van der Waals surface area contributed by atoms with Crippen molar-refractivity contribution < 1.29 is 9.32 Å². The highest BCUT2D eigenvalue weighted by molar-refractivity contribution is 5.92. The minimum Gasteiger partial charge on any atom is -0.340 e. The Morgan fingerprint density at radius 1 is 1.39 bits per heavy atom. The minimum atomic E-state index is -0.123. The van der Waals surface area contributed by atoms with E-state index in [9.17, 15) is 4.79 Å². The molecule has 1 saturated heterocycles. The van der Waals surface area contributed by atoms with Crippen LogP contribution in [0.4, 0.5) is 0 Å². The van der Waals surface area contributed by atoms with Crippen molar-refractivity contribution in [1.82, 2.24) is 20.0 Å². The van der Waals surface area contributed by atoms with Crippen LogP contribution in [-0.2, 0) is 0 Å². The Bertz CT molecular complexity index is 777. The Labute approximate surface area is 133 Å². The number of aryl methyl sites for hydroxylation is 2. The maximum Gasteiger partial charge on any atom is 0.272 e. The molecule has 0 spiro atoms. The fourth-order valence-corrected chi connectivity index (χ4v) is 2.81. The molecule has 1 amide bonds. The van der Waals surface area contributed by atoms with Crippen molar-refractivity contribution in [2.75, 3.05) is 13.1 Å². The zero-order chi connectivity index (χ0) is 16.4. The molecule has 3 rings (SSSR count). The minimum absolute atomic E-state index is 0.0876. The van der Waals surface area contributed by atoms with E-state index < -0.39 is 0 Å². The number of hydrogen-bond donors (Lipinski definition) is 0. The smallest absolute Gasteiger partial charge is 0.272 e. The van der Waals surface area contributed by atoms with Crippen LogP contribution in [0, 0.1) is 25.2 Å². The number of nitrogens with zero attached hydrogens (tertiary/aromatic N) is 5. The number of aromatic nitrogens is 3. The highest BCUT2D eigenvalue weighted by Gasteiger charge is 2.28. The quantitative estimate of drug-likeness (QED) is 0.841. The Kier molecular flexibility index (Phi) is 4.06. The molecule has 0 radical (unpaired) electrons. The lowest BCUT2D eigenvalue weighted by Gasteiger charge is -2.31. The van der Waals surface area contributed by atoms with Gasteiger partial charge in [-0.05, 0) is 31.9 Å². The van der Waals surface area contributed by atoms with Crippen molar-refractivity contribution in [2.24, 2.45) is 0 Å². The molecular weight excluding hydrogens is 294 g/mol. The first-order valence-corrected chi connectivity index (χ1v) is 7.55. The van der Waals surface area contributed by atoms with Crippen LogP contribution in [0.5, 0.6) is 0 Å². The van der Waals surface area contributed by atoms with E-state index >= 15 is 0 Å². The SMILES string of the molecule is Cc1nc([C@@H]2CCCN(C(=O)c3ccc(C#N)c(C)n3)C2)no1. The summed E-state index contributed by atoms with van der Waals surface area (Å²) in [7, 11) is 0. The second-order valence-corrected chi connectivity index (χ2v) is 5.70. The van der Waals surface area contributed by atoms with Crippen molar-refractivity contribution in [2.45, 2.75) is 32.6 Å². The van der Waals surface area contributed by atoms with Crippen molar-refractivity contribution in [3.63, 3.8) is 0 Å². The summed E-state index contributed by atoms with van der Waals surface area (Å²) >= 11 is 0. The first-order chi connectivity index (χ1) is 11.1. The molecule has 0 saturated carbocycles. The van der Waals surface area contributed by atoms with Gasteiger partial charge in [-0.1, -0.05) is 5.16 Å².